The molecule has 1 aliphatic heterocycles. The summed E-state index contributed by atoms with van der Waals surface area (Å²) in [6.07, 6.45) is 1.42. The number of amides is 2. The van der Waals surface area contributed by atoms with Gasteiger partial charge in [0, 0.05) is 33.3 Å². The summed E-state index contributed by atoms with van der Waals surface area (Å²) in [5.41, 5.74) is 2.24. The molecule has 34 heavy (non-hydrogen) atoms. The first-order valence-electron chi connectivity index (χ1n) is 10.0. The number of imide groups is 1. The molecule has 1 fully saturated rings. The predicted molar refractivity (Wildman–Crippen MR) is 131 cm³/mol. The summed E-state index contributed by atoms with van der Waals surface area (Å²) in [5, 5.41) is 10.8. The molecular formula is C24H17BrN2O6S. The van der Waals surface area contributed by atoms with Crippen molar-refractivity contribution >= 4 is 56.4 Å². The molecule has 8 nitrogen and oxygen atoms in total. The summed E-state index contributed by atoms with van der Waals surface area (Å²) < 4.78 is 6.59. The van der Waals surface area contributed by atoms with Crippen LogP contribution in [0.5, 0.6) is 0 Å². The number of benzene rings is 2. The van der Waals surface area contributed by atoms with Crippen LogP contribution in [0, 0.1) is 24.0 Å². The Bertz CT molecular complexity index is 1380. The zero-order valence-electron chi connectivity index (χ0n) is 18.0. The van der Waals surface area contributed by atoms with Crippen LogP contribution in [0.4, 0.5) is 10.5 Å². The number of furan rings is 1. The third-order valence-electron chi connectivity index (χ3n) is 5.36. The van der Waals surface area contributed by atoms with Crippen LogP contribution in [-0.4, -0.2) is 33.3 Å². The lowest BCUT2D eigenvalue weighted by Crippen LogP contribution is -2.33. The number of aryl methyl sites for hydroxylation is 1. The van der Waals surface area contributed by atoms with Crippen LogP contribution in [0.1, 0.15) is 27.2 Å². The lowest BCUT2D eigenvalue weighted by atomic mass is 10.0. The van der Waals surface area contributed by atoms with Crippen molar-refractivity contribution in [1.29, 1.82) is 0 Å². The molecule has 2 aromatic carbocycles. The zero-order chi connectivity index (χ0) is 24.6. The number of halogens is 1. The highest BCUT2D eigenvalue weighted by molar-refractivity contribution is 9.10. The number of rotatable bonds is 6. The quantitative estimate of drug-likeness (QED) is 0.159. The van der Waals surface area contributed by atoms with E-state index in [1.165, 1.54) is 12.1 Å². The Hall–Kier alpha value is -3.50. The van der Waals surface area contributed by atoms with E-state index in [1.54, 1.807) is 56.3 Å². The molecule has 1 saturated heterocycles. The van der Waals surface area contributed by atoms with Crippen molar-refractivity contribution in [3.05, 3.63) is 90.5 Å². The molecule has 0 spiro atoms. The number of thioether (sulfide) groups is 1. The summed E-state index contributed by atoms with van der Waals surface area (Å²) in [7, 11) is 0. The highest BCUT2D eigenvalue weighted by atomic mass is 79.9. The van der Waals surface area contributed by atoms with Gasteiger partial charge in [0.05, 0.1) is 16.4 Å². The second-order valence-electron chi connectivity index (χ2n) is 7.59. The number of carbonyl (C=O) groups excluding carboxylic acids is 3. The number of nitro groups is 1. The van der Waals surface area contributed by atoms with E-state index in [0.29, 0.717) is 28.2 Å². The summed E-state index contributed by atoms with van der Waals surface area (Å²) in [5.74, 6) is -0.240. The maximum Gasteiger partial charge on any atom is 0.293 e. The molecule has 0 bridgehead atoms. The van der Waals surface area contributed by atoms with E-state index in [4.69, 9.17) is 4.42 Å². The Labute approximate surface area is 206 Å². The second kappa shape index (κ2) is 9.40. The Balaban J connectivity index is 1.54. The zero-order valence-corrected chi connectivity index (χ0v) is 20.4. The van der Waals surface area contributed by atoms with Gasteiger partial charge in [0.2, 0.25) is 0 Å². The maximum atomic E-state index is 12.8. The Kier molecular flexibility index (Phi) is 6.54. The fourth-order valence-electron chi connectivity index (χ4n) is 3.39. The van der Waals surface area contributed by atoms with E-state index in [0.717, 1.165) is 26.7 Å². The maximum absolute atomic E-state index is 12.8. The van der Waals surface area contributed by atoms with Crippen LogP contribution in [-0.2, 0) is 4.79 Å². The SMILES string of the molecule is Cc1cc(-c2ccc(/C=C3/SC(=O)N(CC(=O)c4ccc(Br)cc4)C3=O)o2)cc([N+](=O)[O-])c1C. The molecule has 0 unspecified atom stereocenters. The van der Waals surface area contributed by atoms with E-state index < -0.39 is 16.1 Å². The predicted octanol–water partition coefficient (Wildman–Crippen LogP) is 6.15. The third-order valence-corrected chi connectivity index (χ3v) is 6.80. The monoisotopic (exact) mass is 540 g/mol. The molecule has 0 N–H and O–H groups in total. The van der Waals surface area contributed by atoms with Crippen molar-refractivity contribution in [3.8, 4) is 11.3 Å². The number of nitrogens with zero attached hydrogens (tertiary/aromatic N) is 2. The lowest BCUT2D eigenvalue weighted by molar-refractivity contribution is -0.385. The summed E-state index contributed by atoms with van der Waals surface area (Å²) in [4.78, 5) is 49.6. The molecule has 0 atom stereocenters. The molecule has 2 heterocycles. The largest absolute Gasteiger partial charge is 0.457 e. The molecule has 0 radical (unpaired) electrons. The average Bonchev–Trinajstić information content (AvgIpc) is 3.36. The molecular weight excluding hydrogens is 524 g/mol. The number of carbonyl (C=O) groups is 3. The molecule has 172 valence electrons. The first kappa shape index (κ1) is 23.7. The van der Waals surface area contributed by atoms with Crippen molar-refractivity contribution in [2.24, 2.45) is 0 Å². The van der Waals surface area contributed by atoms with Crippen LogP contribution in [0.25, 0.3) is 17.4 Å². The Morgan fingerprint density at radius 1 is 1.15 bits per heavy atom. The summed E-state index contributed by atoms with van der Waals surface area (Å²) in [6.45, 7) is 3.10. The van der Waals surface area contributed by atoms with E-state index >= 15 is 0 Å². The van der Waals surface area contributed by atoms with Gasteiger partial charge in [0.15, 0.2) is 5.78 Å². The minimum absolute atomic E-state index is 0.00971. The van der Waals surface area contributed by atoms with E-state index in [1.807, 2.05) is 0 Å². The van der Waals surface area contributed by atoms with E-state index in [9.17, 15) is 24.5 Å². The van der Waals surface area contributed by atoms with Gasteiger partial charge in [-0.25, -0.2) is 0 Å². The average molecular weight is 541 g/mol. The van der Waals surface area contributed by atoms with Crippen molar-refractivity contribution in [2.75, 3.05) is 6.54 Å². The third kappa shape index (κ3) is 4.73. The first-order chi connectivity index (χ1) is 16.1. The molecule has 1 aromatic heterocycles. The number of nitro benzene ring substituents is 1. The molecule has 4 rings (SSSR count). The first-order valence-corrected chi connectivity index (χ1v) is 11.6. The number of hydrogen-bond donors (Lipinski definition) is 0. The number of hydrogen-bond acceptors (Lipinski definition) is 7. The molecule has 0 aliphatic carbocycles. The van der Waals surface area contributed by atoms with Crippen LogP contribution >= 0.6 is 27.7 Å². The summed E-state index contributed by atoms with van der Waals surface area (Å²) >= 11 is 4.02. The molecule has 10 heteroatoms. The summed E-state index contributed by atoms with van der Waals surface area (Å²) in [6, 6.07) is 13.1. The fraction of sp³-hybridized carbons (Fsp3) is 0.125. The fourth-order valence-corrected chi connectivity index (χ4v) is 4.48. The molecule has 3 aromatic rings. The highest BCUT2D eigenvalue weighted by Gasteiger charge is 2.36. The van der Waals surface area contributed by atoms with Crippen LogP contribution in [0.15, 0.2) is 62.3 Å². The van der Waals surface area contributed by atoms with Crippen molar-refractivity contribution in [2.45, 2.75) is 13.8 Å². The van der Waals surface area contributed by atoms with Gasteiger partial charge in [-0.15, -0.1) is 0 Å². The minimum atomic E-state index is -0.583. The van der Waals surface area contributed by atoms with E-state index in [2.05, 4.69) is 15.9 Å². The van der Waals surface area contributed by atoms with Crippen molar-refractivity contribution < 1.29 is 23.7 Å². The Morgan fingerprint density at radius 2 is 1.85 bits per heavy atom. The molecule has 1 aliphatic rings. The van der Waals surface area contributed by atoms with Gasteiger partial charge in [0.1, 0.15) is 11.5 Å². The highest BCUT2D eigenvalue weighted by Crippen LogP contribution is 2.35. The smallest absolute Gasteiger partial charge is 0.293 e. The van der Waals surface area contributed by atoms with Crippen molar-refractivity contribution in [3.63, 3.8) is 0 Å². The van der Waals surface area contributed by atoms with Gasteiger partial charge < -0.3 is 4.42 Å². The van der Waals surface area contributed by atoms with Gasteiger partial charge in [-0.05, 0) is 61.5 Å². The van der Waals surface area contributed by atoms with Crippen LogP contribution in [0.2, 0.25) is 0 Å². The minimum Gasteiger partial charge on any atom is -0.457 e. The molecule has 2 amide bonds. The van der Waals surface area contributed by atoms with Gasteiger partial charge >= 0.3 is 0 Å². The van der Waals surface area contributed by atoms with Gasteiger partial charge in [0.25, 0.3) is 16.8 Å². The Morgan fingerprint density at radius 3 is 2.53 bits per heavy atom. The van der Waals surface area contributed by atoms with E-state index in [-0.39, 0.29) is 22.9 Å². The van der Waals surface area contributed by atoms with Gasteiger partial charge in [-0.3, -0.25) is 29.4 Å². The topological polar surface area (TPSA) is 111 Å². The van der Waals surface area contributed by atoms with Crippen LogP contribution in [0.3, 0.4) is 0 Å². The van der Waals surface area contributed by atoms with Crippen LogP contribution < -0.4 is 0 Å². The number of Topliss-reactive ketones (excluding diaryl/α,β-unsaturated/α-hetero) is 1. The standard InChI is InChI=1S/C24H17BrN2O6S/c1-13-9-16(10-19(14(13)2)27(31)32)21-8-7-18(33-21)11-22-23(29)26(24(30)34-22)12-20(28)15-3-5-17(25)6-4-15/h3-11H,12H2,1-2H3/b22-11+. The van der Waals surface area contributed by atoms with Gasteiger partial charge in [-0.1, -0.05) is 28.1 Å². The normalized spacial score (nSPS) is 14.8. The van der Waals surface area contributed by atoms with Crippen molar-refractivity contribution in [1.82, 2.24) is 4.90 Å². The number of ketones is 1. The lowest BCUT2D eigenvalue weighted by Gasteiger charge is -2.11. The molecule has 0 saturated carbocycles. The second-order valence-corrected chi connectivity index (χ2v) is 9.50. The van der Waals surface area contributed by atoms with Gasteiger partial charge in [-0.2, -0.15) is 0 Å².